The zero-order valence-corrected chi connectivity index (χ0v) is 15.5. The molecule has 1 aromatic heterocycles. The number of aromatic nitrogens is 2. The van der Waals surface area contributed by atoms with Crippen molar-refractivity contribution in [3.8, 4) is 10.6 Å². The van der Waals surface area contributed by atoms with Crippen LogP contribution in [0, 0.1) is 0 Å². The van der Waals surface area contributed by atoms with Crippen LogP contribution in [0.5, 0.6) is 0 Å². The molecule has 0 unspecified atom stereocenters. The average molecular weight is 385 g/mol. The van der Waals surface area contributed by atoms with Gasteiger partial charge in [0, 0.05) is 22.8 Å². The van der Waals surface area contributed by atoms with E-state index in [9.17, 15) is 4.79 Å². The number of hydrogen-bond acceptors (Lipinski definition) is 5. The van der Waals surface area contributed by atoms with Gasteiger partial charge in [0.1, 0.15) is 11.0 Å². The van der Waals surface area contributed by atoms with Gasteiger partial charge in [-0.3, -0.25) is 10.1 Å². The molecule has 2 heterocycles. The van der Waals surface area contributed by atoms with Crippen molar-refractivity contribution in [3.63, 3.8) is 0 Å². The molecule has 2 aromatic carbocycles. The first-order chi connectivity index (χ1) is 12.7. The molecule has 7 heteroatoms. The van der Waals surface area contributed by atoms with Crippen molar-refractivity contribution in [2.75, 3.05) is 16.8 Å². The number of carbonyl (C=O) groups excluding carboxylic acids is 1. The lowest BCUT2D eigenvalue weighted by molar-refractivity contribution is -0.117. The first kappa shape index (κ1) is 17.0. The maximum absolute atomic E-state index is 12.8. The lowest BCUT2D eigenvalue weighted by atomic mass is 10.2. The normalized spacial score (nSPS) is 16.7. The summed E-state index contributed by atoms with van der Waals surface area (Å²) in [6, 6.07) is 17.2. The second-order valence-electron chi connectivity index (χ2n) is 6.10. The van der Waals surface area contributed by atoms with E-state index in [1.807, 2.05) is 54.6 Å². The highest BCUT2D eigenvalue weighted by Gasteiger charge is 2.31. The Labute approximate surface area is 160 Å². The number of nitrogens with zero attached hydrogens (tertiary/aromatic N) is 3. The maximum Gasteiger partial charge on any atom is 0.248 e. The van der Waals surface area contributed by atoms with Crippen LogP contribution in [0.15, 0.2) is 54.6 Å². The van der Waals surface area contributed by atoms with E-state index in [0.717, 1.165) is 35.6 Å². The van der Waals surface area contributed by atoms with Crippen molar-refractivity contribution in [3.05, 3.63) is 59.6 Å². The van der Waals surface area contributed by atoms with Gasteiger partial charge in [0.2, 0.25) is 11.0 Å². The maximum atomic E-state index is 12.8. The van der Waals surface area contributed by atoms with Crippen molar-refractivity contribution in [2.45, 2.75) is 18.9 Å². The van der Waals surface area contributed by atoms with E-state index in [0.29, 0.717) is 10.2 Å². The van der Waals surface area contributed by atoms with Crippen molar-refractivity contribution < 1.29 is 4.79 Å². The lowest BCUT2D eigenvalue weighted by Gasteiger charge is -2.25. The summed E-state index contributed by atoms with van der Waals surface area (Å²) in [7, 11) is 0. The molecule has 3 aromatic rings. The summed E-state index contributed by atoms with van der Waals surface area (Å²) in [6.45, 7) is 0.852. The quantitative estimate of drug-likeness (QED) is 0.721. The molecule has 0 radical (unpaired) electrons. The fourth-order valence-corrected chi connectivity index (χ4v) is 4.02. The van der Waals surface area contributed by atoms with Crippen molar-refractivity contribution in [1.29, 1.82) is 0 Å². The van der Waals surface area contributed by atoms with Crippen LogP contribution in [-0.4, -0.2) is 28.7 Å². The summed E-state index contributed by atoms with van der Waals surface area (Å²) >= 11 is 7.35. The van der Waals surface area contributed by atoms with Gasteiger partial charge >= 0.3 is 0 Å². The number of hydrogen-bond donors (Lipinski definition) is 1. The van der Waals surface area contributed by atoms with Crippen LogP contribution in [0.4, 0.5) is 10.8 Å². The van der Waals surface area contributed by atoms with Gasteiger partial charge in [-0.15, -0.1) is 10.2 Å². The number of halogens is 1. The SMILES string of the molecule is O=C(Nc1nnc(-c2ccccc2)s1)[C@@H]1CCCN1c1ccc(Cl)cc1. The Morgan fingerprint density at radius 2 is 1.88 bits per heavy atom. The fraction of sp³-hybridized carbons (Fsp3) is 0.211. The van der Waals surface area contributed by atoms with Gasteiger partial charge in [-0.1, -0.05) is 53.3 Å². The first-order valence-corrected chi connectivity index (χ1v) is 9.62. The van der Waals surface area contributed by atoms with Crippen molar-refractivity contribution in [2.24, 2.45) is 0 Å². The molecule has 132 valence electrons. The van der Waals surface area contributed by atoms with E-state index < -0.39 is 0 Å². The van der Waals surface area contributed by atoms with E-state index in [-0.39, 0.29) is 11.9 Å². The summed E-state index contributed by atoms with van der Waals surface area (Å²) in [4.78, 5) is 14.9. The van der Waals surface area contributed by atoms with Crippen LogP contribution in [0.3, 0.4) is 0 Å². The van der Waals surface area contributed by atoms with Gasteiger partial charge in [0.05, 0.1) is 0 Å². The zero-order valence-electron chi connectivity index (χ0n) is 13.9. The molecule has 5 nitrogen and oxygen atoms in total. The molecule has 0 bridgehead atoms. The molecule has 0 aliphatic carbocycles. The van der Waals surface area contributed by atoms with Crippen LogP contribution >= 0.6 is 22.9 Å². The molecule has 1 saturated heterocycles. The van der Waals surface area contributed by atoms with E-state index >= 15 is 0 Å². The highest BCUT2D eigenvalue weighted by Crippen LogP contribution is 2.29. The second kappa shape index (κ2) is 7.43. The Bertz CT molecular complexity index is 897. The Morgan fingerprint density at radius 1 is 1.12 bits per heavy atom. The lowest BCUT2D eigenvalue weighted by Crippen LogP contribution is -2.39. The van der Waals surface area contributed by atoms with Crippen molar-refractivity contribution in [1.82, 2.24) is 10.2 Å². The molecule has 0 saturated carbocycles. The third-order valence-electron chi connectivity index (χ3n) is 4.39. The molecule has 1 amide bonds. The van der Waals surface area contributed by atoms with Crippen molar-refractivity contribution >= 4 is 39.7 Å². The van der Waals surface area contributed by atoms with Gasteiger partial charge in [0.15, 0.2) is 0 Å². The van der Waals surface area contributed by atoms with Crippen LogP contribution in [0.1, 0.15) is 12.8 Å². The molecule has 26 heavy (non-hydrogen) atoms. The molecular weight excluding hydrogens is 368 g/mol. The summed E-state index contributed by atoms with van der Waals surface area (Å²) in [5.74, 6) is -0.0480. The number of benzene rings is 2. The van der Waals surface area contributed by atoms with Gasteiger partial charge < -0.3 is 4.90 Å². The highest BCUT2D eigenvalue weighted by atomic mass is 35.5. The number of carbonyl (C=O) groups is 1. The molecule has 1 fully saturated rings. The molecule has 0 spiro atoms. The Balaban J connectivity index is 1.47. The van der Waals surface area contributed by atoms with Crippen LogP contribution in [-0.2, 0) is 4.79 Å². The van der Waals surface area contributed by atoms with Gasteiger partial charge in [-0.25, -0.2) is 0 Å². The third kappa shape index (κ3) is 3.57. The zero-order chi connectivity index (χ0) is 17.9. The molecule has 1 N–H and O–H groups in total. The minimum atomic E-state index is -0.208. The summed E-state index contributed by atoms with van der Waals surface area (Å²) in [5, 5.41) is 13.2. The molecule has 1 aliphatic rings. The largest absolute Gasteiger partial charge is 0.360 e. The van der Waals surface area contributed by atoms with Gasteiger partial charge in [0.25, 0.3) is 0 Å². The summed E-state index contributed by atoms with van der Waals surface area (Å²) < 4.78 is 0. The molecule has 1 atom stereocenters. The molecule has 4 rings (SSSR count). The fourth-order valence-electron chi connectivity index (χ4n) is 3.14. The number of nitrogens with one attached hydrogen (secondary N) is 1. The third-order valence-corrected chi connectivity index (χ3v) is 5.53. The smallest absolute Gasteiger partial charge is 0.248 e. The average Bonchev–Trinajstić information content (AvgIpc) is 3.33. The summed E-state index contributed by atoms with van der Waals surface area (Å²) in [6.07, 6.45) is 1.80. The van der Waals surface area contributed by atoms with Crippen LogP contribution < -0.4 is 10.2 Å². The number of anilines is 2. The minimum Gasteiger partial charge on any atom is -0.360 e. The monoisotopic (exact) mass is 384 g/mol. The number of rotatable bonds is 4. The summed E-state index contributed by atoms with van der Waals surface area (Å²) in [5.41, 5.74) is 2.00. The molecular formula is C19H17ClN4OS. The highest BCUT2D eigenvalue weighted by molar-refractivity contribution is 7.18. The predicted molar refractivity (Wildman–Crippen MR) is 106 cm³/mol. The second-order valence-corrected chi connectivity index (χ2v) is 7.51. The first-order valence-electron chi connectivity index (χ1n) is 8.43. The standard InChI is InChI=1S/C19H17ClN4OS/c20-14-8-10-15(11-9-14)24-12-4-7-16(24)17(25)21-19-23-22-18(26-19)13-5-2-1-3-6-13/h1-3,5-6,8-11,16H,4,7,12H2,(H,21,23,25)/t16-/m0/s1. The van der Waals surface area contributed by atoms with E-state index in [2.05, 4.69) is 20.4 Å². The topological polar surface area (TPSA) is 58.1 Å². The Hall–Kier alpha value is -2.44. The van der Waals surface area contributed by atoms with E-state index in [1.165, 1.54) is 11.3 Å². The van der Waals surface area contributed by atoms with E-state index in [4.69, 9.17) is 11.6 Å². The predicted octanol–water partition coefficient (Wildman–Crippen LogP) is 4.47. The molecule has 1 aliphatic heterocycles. The van der Waals surface area contributed by atoms with Crippen LogP contribution in [0.2, 0.25) is 5.02 Å². The minimum absolute atomic E-state index is 0.0480. The van der Waals surface area contributed by atoms with Gasteiger partial charge in [-0.2, -0.15) is 0 Å². The van der Waals surface area contributed by atoms with Gasteiger partial charge in [-0.05, 0) is 37.1 Å². The van der Waals surface area contributed by atoms with Crippen LogP contribution in [0.25, 0.3) is 10.6 Å². The number of amides is 1. The Morgan fingerprint density at radius 3 is 2.65 bits per heavy atom. The Kier molecular flexibility index (Phi) is 4.86. The van der Waals surface area contributed by atoms with E-state index in [1.54, 1.807) is 0 Å².